The van der Waals surface area contributed by atoms with E-state index >= 15 is 0 Å². The van der Waals surface area contributed by atoms with E-state index in [-0.39, 0.29) is 6.10 Å². The Balaban J connectivity index is 1.36. The second-order valence-electron chi connectivity index (χ2n) is 5.90. The second kappa shape index (κ2) is 7.46. The zero-order valence-electron chi connectivity index (χ0n) is 13.7. The Labute approximate surface area is 146 Å². The number of benzene rings is 1. The largest absolute Gasteiger partial charge is 0.467 e. The van der Waals surface area contributed by atoms with Crippen LogP contribution >= 0.6 is 0 Å². The van der Waals surface area contributed by atoms with Crippen molar-refractivity contribution in [3.8, 4) is 11.6 Å². The number of ether oxygens (including phenoxy) is 2. The number of hydrogen-bond acceptors (Lipinski definition) is 6. The molecular formula is C19H19N3O3. The van der Waals surface area contributed by atoms with Gasteiger partial charge >= 0.3 is 0 Å². The van der Waals surface area contributed by atoms with Crippen molar-refractivity contribution in [1.29, 1.82) is 0 Å². The van der Waals surface area contributed by atoms with Gasteiger partial charge in [-0.15, -0.1) is 0 Å². The maximum absolute atomic E-state index is 5.81. The number of nitrogens with zero attached hydrogens (tertiary/aromatic N) is 3. The van der Waals surface area contributed by atoms with Crippen LogP contribution in [0.5, 0.6) is 11.6 Å². The van der Waals surface area contributed by atoms with Gasteiger partial charge < -0.3 is 13.9 Å². The summed E-state index contributed by atoms with van der Waals surface area (Å²) in [5, 5.41) is 0. The van der Waals surface area contributed by atoms with E-state index in [1.165, 1.54) is 5.56 Å². The van der Waals surface area contributed by atoms with Crippen molar-refractivity contribution in [3.05, 3.63) is 72.6 Å². The second-order valence-corrected chi connectivity index (χ2v) is 5.90. The molecule has 6 nitrogen and oxygen atoms in total. The first-order valence-corrected chi connectivity index (χ1v) is 8.27. The van der Waals surface area contributed by atoms with Crippen molar-refractivity contribution in [3.63, 3.8) is 0 Å². The van der Waals surface area contributed by atoms with Gasteiger partial charge in [0.2, 0.25) is 5.88 Å². The van der Waals surface area contributed by atoms with Crippen LogP contribution in [0.25, 0.3) is 0 Å². The maximum Gasteiger partial charge on any atom is 0.237 e. The minimum absolute atomic E-state index is 0.00279. The fourth-order valence-electron chi connectivity index (χ4n) is 2.87. The van der Waals surface area contributed by atoms with E-state index in [0.29, 0.717) is 12.5 Å². The molecule has 0 aliphatic carbocycles. The fourth-order valence-corrected chi connectivity index (χ4v) is 2.87. The van der Waals surface area contributed by atoms with Gasteiger partial charge in [0, 0.05) is 32.0 Å². The van der Waals surface area contributed by atoms with Crippen LogP contribution in [0.1, 0.15) is 17.4 Å². The number of furan rings is 1. The molecule has 1 aliphatic heterocycles. The van der Waals surface area contributed by atoms with Crippen LogP contribution in [0.15, 0.2) is 65.7 Å². The highest BCUT2D eigenvalue weighted by Gasteiger charge is 2.23. The highest BCUT2D eigenvalue weighted by Crippen LogP contribution is 2.24. The molecule has 1 aliphatic rings. The van der Waals surface area contributed by atoms with E-state index in [4.69, 9.17) is 13.9 Å². The highest BCUT2D eigenvalue weighted by atomic mass is 16.5. The SMILES string of the molecule is c1coc([C@@H]2CN(Cc3ccc(Oc4cnccn4)cc3)CCO2)c1. The molecule has 3 aromatic rings. The summed E-state index contributed by atoms with van der Waals surface area (Å²) in [6.07, 6.45) is 6.51. The summed E-state index contributed by atoms with van der Waals surface area (Å²) < 4.78 is 16.9. The molecule has 1 fully saturated rings. The third-order valence-corrected chi connectivity index (χ3v) is 4.10. The third-order valence-electron chi connectivity index (χ3n) is 4.10. The predicted molar refractivity (Wildman–Crippen MR) is 91.2 cm³/mol. The Hall–Kier alpha value is -2.70. The summed E-state index contributed by atoms with van der Waals surface area (Å²) in [4.78, 5) is 10.5. The molecule has 6 heteroatoms. The molecule has 4 rings (SSSR count). The summed E-state index contributed by atoms with van der Waals surface area (Å²) in [7, 11) is 0. The van der Waals surface area contributed by atoms with E-state index in [1.807, 2.05) is 24.3 Å². The topological polar surface area (TPSA) is 60.6 Å². The third kappa shape index (κ3) is 4.04. The van der Waals surface area contributed by atoms with Gasteiger partial charge in [-0.3, -0.25) is 9.88 Å². The molecule has 1 atom stereocenters. The van der Waals surface area contributed by atoms with Gasteiger partial charge in [0.15, 0.2) is 0 Å². The van der Waals surface area contributed by atoms with Crippen molar-refractivity contribution in [2.24, 2.45) is 0 Å². The van der Waals surface area contributed by atoms with Gasteiger partial charge in [-0.2, -0.15) is 0 Å². The van der Waals surface area contributed by atoms with Crippen LogP contribution in [0.2, 0.25) is 0 Å². The van der Waals surface area contributed by atoms with Gasteiger partial charge in [0.1, 0.15) is 17.6 Å². The lowest BCUT2D eigenvalue weighted by Crippen LogP contribution is -2.37. The molecule has 0 radical (unpaired) electrons. The summed E-state index contributed by atoms with van der Waals surface area (Å²) in [6.45, 7) is 3.31. The van der Waals surface area contributed by atoms with Crippen molar-refractivity contribution in [2.45, 2.75) is 12.6 Å². The molecule has 0 saturated carbocycles. The van der Waals surface area contributed by atoms with Crippen molar-refractivity contribution >= 4 is 0 Å². The molecule has 0 spiro atoms. The molecule has 2 aromatic heterocycles. The Morgan fingerprint density at radius 2 is 2.08 bits per heavy atom. The van der Waals surface area contributed by atoms with E-state index in [0.717, 1.165) is 31.1 Å². The monoisotopic (exact) mass is 337 g/mol. The molecule has 0 N–H and O–H groups in total. The number of hydrogen-bond donors (Lipinski definition) is 0. The summed E-state index contributed by atoms with van der Waals surface area (Å²) >= 11 is 0. The predicted octanol–water partition coefficient (Wildman–Crippen LogP) is 3.44. The standard InChI is InChI=1S/C19H19N3O3/c1-2-17(23-10-1)18-14-22(9-11-24-18)13-15-3-5-16(6-4-15)25-19-12-20-7-8-21-19/h1-8,10,12,18H,9,11,13-14H2/t18-/m0/s1. The Bertz CT molecular complexity index is 775. The quantitative estimate of drug-likeness (QED) is 0.711. The minimum atomic E-state index is 0.00279. The van der Waals surface area contributed by atoms with Crippen LogP contribution in [-0.2, 0) is 11.3 Å². The smallest absolute Gasteiger partial charge is 0.237 e. The first-order chi connectivity index (χ1) is 12.4. The lowest BCUT2D eigenvalue weighted by atomic mass is 10.1. The van der Waals surface area contributed by atoms with Crippen LogP contribution in [0.4, 0.5) is 0 Å². The first kappa shape index (κ1) is 15.8. The number of rotatable bonds is 5. The zero-order chi connectivity index (χ0) is 16.9. The summed E-state index contributed by atoms with van der Waals surface area (Å²) in [5.41, 5.74) is 1.23. The zero-order valence-corrected chi connectivity index (χ0v) is 13.7. The Morgan fingerprint density at radius 1 is 1.16 bits per heavy atom. The molecule has 0 bridgehead atoms. The molecule has 1 aromatic carbocycles. The molecule has 1 saturated heterocycles. The molecular weight excluding hydrogens is 318 g/mol. The van der Waals surface area contributed by atoms with Gasteiger partial charge in [-0.25, -0.2) is 4.98 Å². The molecule has 128 valence electrons. The van der Waals surface area contributed by atoms with Crippen LogP contribution in [0.3, 0.4) is 0 Å². The average Bonchev–Trinajstić information content (AvgIpc) is 3.19. The minimum Gasteiger partial charge on any atom is -0.467 e. The highest BCUT2D eigenvalue weighted by molar-refractivity contribution is 5.29. The lowest BCUT2D eigenvalue weighted by molar-refractivity contribution is -0.0427. The van der Waals surface area contributed by atoms with Crippen molar-refractivity contribution in [2.75, 3.05) is 19.7 Å². The Morgan fingerprint density at radius 3 is 2.84 bits per heavy atom. The van der Waals surface area contributed by atoms with Crippen molar-refractivity contribution in [1.82, 2.24) is 14.9 Å². The first-order valence-electron chi connectivity index (χ1n) is 8.27. The summed E-state index contributed by atoms with van der Waals surface area (Å²) in [5.74, 6) is 2.13. The molecule has 3 heterocycles. The van der Waals surface area contributed by atoms with E-state index in [1.54, 1.807) is 24.9 Å². The van der Waals surface area contributed by atoms with Gasteiger partial charge in [-0.05, 0) is 29.8 Å². The maximum atomic E-state index is 5.81. The van der Waals surface area contributed by atoms with Gasteiger partial charge in [0.25, 0.3) is 0 Å². The van der Waals surface area contributed by atoms with Gasteiger partial charge in [-0.1, -0.05) is 12.1 Å². The van der Waals surface area contributed by atoms with Crippen molar-refractivity contribution < 1.29 is 13.9 Å². The van der Waals surface area contributed by atoms with E-state index in [2.05, 4.69) is 27.0 Å². The van der Waals surface area contributed by atoms with E-state index in [9.17, 15) is 0 Å². The van der Waals surface area contributed by atoms with Crippen LogP contribution in [0, 0.1) is 0 Å². The normalized spacial score (nSPS) is 18.2. The molecule has 0 amide bonds. The van der Waals surface area contributed by atoms with Crippen LogP contribution in [-0.4, -0.2) is 34.6 Å². The number of morpholine rings is 1. The van der Waals surface area contributed by atoms with Crippen LogP contribution < -0.4 is 4.74 Å². The molecule has 25 heavy (non-hydrogen) atoms. The fraction of sp³-hybridized carbons (Fsp3) is 0.263. The number of aromatic nitrogens is 2. The summed E-state index contributed by atoms with van der Waals surface area (Å²) in [6, 6.07) is 11.9. The average molecular weight is 337 g/mol. The van der Waals surface area contributed by atoms with E-state index < -0.39 is 0 Å². The Kier molecular flexibility index (Phi) is 4.72. The van der Waals surface area contributed by atoms with Gasteiger partial charge in [0.05, 0.1) is 19.1 Å². The lowest BCUT2D eigenvalue weighted by Gasteiger charge is -2.31. The molecule has 0 unspecified atom stereocenters.